The van der Waals surface area contributed by atoms with Gasteiger partial charge in [-0.2, -0.15) is 0 Å². The molecule has 0 N–H and O–H groups in total. The van der Waals surface area contributed by atoms with Gasteiger partial charge in [-0.15, -0.1) is 0 Å². The van der Waals surface area contributed by atoms with Gasteiger partial charge >= 0.3 is 0 Å². The van der Waals surface area contributed by atoms with Crippen molar-refractivity contribution in [2.24, 2.45) is 11.8 Å². The summed E-state index contributed by atoms with van der Waals surface area (Å²) in [6.07, 6.45) is 4.60. The van der Waals surface area contributed by atoms with Crippen LogP contribution in [0.25, 0.3) is 0 Å². The maximum Gasteiger partial charge on any atom is 0.225 e. The Morgan fingerprint density at radius 2 is 2.20 bits per heavy atom. The molecular formula is C16H24N2O2. The fourth-order valence-corrected chi connectivity index (χ4v) is 2.70. The van der Waals surface area contributed by atoms with Crippen molar-refractivity contribution in [2.45, 2.75) is 26.2 Å². The molecular weight excluding hydrogens is 252 g/mol. The molecule has 1 amide bonds. The summed E-state index contributed by atoms with van der Waals surface area (Å²) in [5, 5.41) is 0. The lowest BCUT2D eigenvalue weighted by atomic mass is 9.86. The Morgan fingerprint density at radius 3 is 2.85 bits per heavy atom. The maximum absolute atomic E-state index is 12.4. The largest absolute Gasteiger partial charge is 0.381 e. The SMILES string of the molecule is CC(C(=O)N(C)CCc1ccccn1)C1CCOCC1. The van der Waals surface area contributed by atoms with Gasteiger partial charge in [0.2, 0.25) is 5.91 Å². The second kappa shape index (κ2) is 7.39. The molecule has 4 nitrogen and oxygen atoms in total. The Kier molecular flexibility index (Phi) is 5.53. The highest BCUT2D eigenvalue weighted by Gasteiger charge is 2.27. The lowest BCUT2D eigenvalue weighted by Gasteiger charge is -2.30. The van der Waals surface area contributed by atoms with Gasteiger partial charge < -0.3 is 9.64 Å². The third-order valence-corrected chi connectivity index (χ3v) is 4.17. The summed E-state index contributed by atoms with van der Waals surface area (Å²) in [7, 11) is 1.89. The van der Waals surface area contributed by atoms with E-state index in [0.29, 0.717) is 5.92 Å². The molecule has 1 unspecified atom stereocenters. The minimum atomic E-state index is 0.0904. The summed E-state index contributed by atoms with van der Waals surface area (Å²) in [6.45, 7) is 4.36. The number of amides is 1. The summed E-state index contributed by atoms with van der Waals surface area (Å²) >= 11 is 0. The van der Waals surface area contributed by atoms with Crippen molar-refractivity contribution in [1.82, 2.24) is 9.88 Å². The molecule has 4 heteroatoms. The highest BCUT2D eigenvalue weighted by molar-refractivity contribution is 5.78. The van der Waals surface area contributed by atoms with E-state index in [0.717, 1.165) is 44.7 Å². The van der Waals surface area contributed by atoms with Crippen LogP contribution in [-0.4, -0.2) is 42.6 Å². The Labute approximate surface area is 121 Å². The van der Waals surface area contributed by atoms with Gasteiger partial charge in [-0.25, -0.2) is 0 Å². The van der Waals surface area contributed by atoms with Crippen molar-refractivity contribution in [2.75, 3.05) is 26.8 Å². The van der Waals surface area contributed by atoms with E-state index < -0.39 is 0 Å². The molecule has 0 aliphatic carbocycles. The molecule has 1 saturated heterocycles. The third-order valence-electron chi connectivity index (χ3n) is 4.17. The van der Waals surface area contributed by atoms with Crippen LogP contribution in [0.15, 0.2) is 24.4 Å². The van der Waals surface area contributed by atoms with Crippen molar-refractivity contribution in [3.8, 4) is 0 Å². The minimum Gasteiger partial charge on any atom is -0.381 e. The number of nitrogens with zero attached hydrogens (tertiary/aromatic N) is 2. The van der Waals surface area contributed by atoms with Gasteiger partial charge in [-0.05, 0) is 30.9 Å². The number of aromatic nitrogens is 1. The number of pyridine rings is 1. The molecule has 0 spiro atoms. The van der Waals surface area contributed by atoms with Gasteiger partial charge in [-0.3, -0.25) is 9.78 Å². The topological polar surface area (TPSA) is 42.4 Å². The zero-order valence-electron chi connectivity index (χ0n) is 12.4. The normalized spacial score (nSPS) is 17.7. The van der Waals surface area contributed by atoms with E-state index in [1.807, 2.05) is 30.1 Å². The third kappa shape index (κ3) is 4.04. The number of hydrogen-bond acceptors (Lipinski definition) is 3. The molecule has 110 valence electrons. The molecule has 1 aliphatic rings. The molecule has 0 radical (unpaired) electrons. The van der Waals surface area contributed by atoms with Crippen molar-refractivity contribution >= 4 is 5.91 Å². The van der Waals surface area contributed by atoms with E-state index in [-0.39, 0.29) is 11.8 Å². The van der Waals surface area contributed by atoms with Crippen LogP contribution in [0.3, 0.4) is 0 Å². The van der Waals surface area contributed by atoms with Crippen molar-refractivity contribution < 1.29 is 9.53 Å². The molecule has 0 aromatic carbocycles. The average Bonchev–Trinajstić information content (AvgIpc) is 2.53. The van der Waals surface area contributed by atoms with E-state index in [1.54, 1.807) is 6.20 Å². The van der Waals surface area contributed by atoms with Gasteiger partial charge in [0.05, 0.1) is 0 Å². The van der Waals surface area contributed by atoms with Crippen LogP contribution in [0.1, 0.15) is 25.5 Å². The average molecular weight is 276 g/mol. The molecule has 1 aromatic rings. The lowest BCUT2D eigenvalue weighted by Crippen LogP contribution is -2.38. The summed E-state index contributed by atoms with van der Waals surface area (Å²) in [5.74, 6) is 0.800. The van der Waals surface area contributed by atoms with Gasteiger partial charge in [0.15, 0.2) is 0 Å². The van der Waals surface area contributed by atoms with Crippen molar-refractivity contribution in [1.29, 1.82) is 0 Å². The van der Waals surface area contributed by atoms with E-state index in [4.69, 9.17) is 4.74 Å². The molecule has 1 aliphatic heterocycles. The van der Waals surface area contributed by atoms with Crippen LogP contribution >= 0.6 is 0 Å². The number of ether oxygens (including phenoxy) is 1. The summed E-state index contributed by atoms with van der Waals surface area (Å²) in [6, 6.07) is 5.89. The first kappa shape index (κ1) is 15.0. The van der Waals surface area contributed by atoms with Gasteiger partial charge in [0, 0.05) is 51.0 Å². The second-order valence-electron chi connectivity index (χ2n) is 5.57. The lowest BCUT2D eigenvalue weighted by molar-refractivity contribution is -0.136. The van der Waals surface area contributed by atoms with Crippen molar-refractivity contribution in [3.05, 3.63) is 30.1 Å². The number of likely N-dealkylation sites (N-methyl/N-ethyl adjacent to an activating group) is 1. The minimum absolute atomic E-state index is 0.0904. The summed E-state index contributed by atoms with van der Waals surface area (Å²) < 4.78 is 5.36. The van der Waals surface area contributed by atoms with E-state index in [2.05, 4.69) is 11.9 Å². The highest BCUT2D eigenvalue weighted by atomic mass is 16.5. The number of carbonyl (C=O) groups is 1. The smallest absolute Gasteiger partial charge is 0.225 e. The van der Waals surface area contributed by atoms with Crippen LogP contribution in [-0.2, 0) is 16.0 Å². The number of carbonyl (C=O) groups excluding carboxylic acids is 1. The number of hydrogen-bond donors (Lipinski definition) is 0. The van der Waals surface area contributed by atoms with Crippen LogP contribution < -0.4 is 0 Å². The molecule has 1 aromatic heterocycles. The zero-order valence-corrected chi connectivity index (χ0v) is 12.4. The van der Waals surface area contributed by atoms with E-state index in [9.17, 15) is 4.79 Å². The van der Waals surface area contributed by atoms with E-state index in [1.165, 1.54) is 0 Å². The molecule has 2 heterocycles. The number of rotatable bonds is 5. The monoisotopic (exact) mass is 276 g/mol. The first-order valence-electron chi connectivity index (χ1n) is 7.41. The molecule has 0 saturated carbocycles. The fraction of sp³-hybridized carbons (Fsp3) is 0.625. The second-order valence-corrected chi connectivity index (χ2v) is 5.57. The quantitative estimate of drug-likeness (QED) is 0.827. The Bertz CT molecular complexity index is 416. The predicted octanol–water partition coefficient (Wildman–Crippen LogP) is 2.15. The predicted molar refractivity (Wildman–Crippen MR) is 78.3 cm³/mol. The molecule has 1 atom stereocenters. The molecule has 1 fully saturated rings. The molecule has 2 rings (SSSR count). The van der Waals surface area contributed by atoms with Crippen LogP contribution in [0.4, 0.5) is 0 Å². The van der Waals surface area contributed by atoms with E-state index >= 15 is 0 Å². The molecule has 0 bridgehead atoms. The fourth-order valence-electron chi connectivity index (χ4n) is 2.70. The molecule has 20 heavy (non-hydrogen) atoms. The Morgan fingerprint density at radius 1 is 1.45 bits per heavy atom. The van der Waals surface area contributed by atoms with Crippen molar-refractivity contribution in [3.63, 3.8) is 0 Å². The highest BCUT2D eigenvalue weighted by Crippen LogP contribution is 2.24. The van der Waals surface area contributed by atoms with Gasteiger partial charge in [0.25, 0.3) is 0 Å². The summed E-state index contributed by atoms with van der Waals surface area (Å²) in [5.41, 5.74) is 1.03. The summed E-state index contributed by atoms with van der Waals surface area (Å²) in [4.78, 5) is 18.6. The van der Waals surface area contributed by atoms with Gasteiger partial charge in [0.1, 0.15) is 0 Å². The van der Waals surface area contributed by atoms with Crippen LogP contribution in [0, 0.1) is 11.8 Å². The van der Waals surface area contributed by atoms with Gasteiger partial charge in [-0.1, -0.05) is 13.0 Å². The zero-order chi connectivity index (χ0) is 14.4. The van der Waals surface area contributed by atoms with Crippen LogP contribution in [0.5, 0.6) is 0 Å². The first-order valence-corrected chi connectivity index (χ1v) is 7.41. The standard InChI is InChI=1S/C16H24N2O2/c1-13(14-7-11-20-12-8-14)16(19)18(2)10-6-15-5-3-4-9-17-15/h3-5,9,13-14H,6-8,10-12H2,1-2H3. The van der Waals surface area contributed by atoms with Crippen LogP contribution in [0.2, 0.25) is 0 Å². The Balaban J connectivity index is 1.81. The maximum atomic E-state index is 12.4. The Hall–Kier alpha value is -1.42. The first-order chi connectivity index (χ1) is 9.68.